The first kappa shape index (κ1) is 27.5. The zero-order chi connectivity index (χ0) is 0. The molecule has 4 heteroatoms. The Bertz CT molecular complexity index is 8.00. The van der Waals surface area contributed by atoms with Crippen LogP contribution >= 0.6 is 0 Å². The van der Waals surface area contributed by atoms with E-state index in [9.17, 15) is 0 Å². The van der Waals surface area contributed by atoms with Gasteiger partial charge >= 0.3 is 63.9 Å². The summed E-state index contributed by atoms with van der Waals surface area (Å²) in [4.78, 5) is 0. The van der Waals surface area contributed by atoms with Gasteiger partial charge in [-0.2, -0.15) is 0 Å². The van der Waals surface area contributed by atoms with E-state index < -0.39 is 0 Å². The molecule has 0 aromatic heterocycles. The van der Waals surface area contributed by atoms with Gasteiger partial charge < -0.3 is 0 Å². The summed E-state index contributed by atoms with van der Waals surface area (Å²) < 4.78 is 0. The van der Waals surface area contributed by atoms with Crippen molar-refractivity contribution in [2.75, 3.05) is 0 Å². The molecule has 0 spiro atoms. The third-order valence-electron chi connectivity index (χ3n) is 0. The molecule has 0 saturated carbocycles. The molecule has 0 unspecified atom stereocenters. The molecule has 0 rings (SSSR count). The third-order valence-corrected chi connectivity index (χ3v) is 0. The Morgan fingerprint density at radius 2 is 1.00 bits per heavy atom. The minimum atomic E-state index is 0. The minimum absolute atomic E-state index is 0. The van der Waals surface area contributed by atoms with E-state index in [4.69, 9.17) is 0 Å². The fourth-order valence-electron chi connectivity index (χ4n) is 0. The van der Waals surface area contributed by atoms with Crippen LogP contribution in [0.25, 0.3) is 0 Å². The molecule has 0 saturated heterocycles. The Hall–Kier alpha value is 3.10. The largest absolute Gasteiger partial charge is 0.0149 e. The summed E-state index contributed by atoms with van der Waals surface area (Å²) in [5.74, 6) is 0. The van der Waals surface area contributed by atoms with Crippen LogP contribution in [0.2, 0.25) is 0 Å². The molecule has 31 valence electrons. The molecule has 0 aliphatic carbocycles. The Kier molecular flexibility index (Phi) is 113. The van der Waals surface area contributed by atoms with Crippen molar-refractivity contribution in [1.82, 2.24) is 0 Å². The Labute approximate surface area is 95.1 Å². The molecule has 1 radical (unpaired) electrons. The molecule has 0 bridgehead atoms. The minimum Gasteiger partial charge on any atom is -0.0149 e. The molecule has 0 amide bonds. The average Bonchev–Trinajstić information content (AvgIpc) is 0. The topological polar surface area (TPSA) is 0 Å². The SMILES string of the molecule is [Ag].[BiH3].[CaH2].[SiH4]. The normalized spacial score (nSPS) is 0. The molecule has 0 aliphatic heterocycles. The van der Waals surface area contributed by atoms with Gasteiger partial charge in [-0.05, 0) is 11.0 Å². The van der Waals surface area contributed by atoms with Gasteiger partial charge in [-0.25, -0.2) is 0 Å². The number of hydrogen-bond donors (Lipinski definition) is 0. The van der Waals surface area contributed by atoms with Gasteiger partial charge in [0, 0.05) is 22.4 Å². The molecular formula is H9AgBiCaSi. The van der Waals surface area contributed by atoms with Crippen LogP contribution < -0.4 is 0 Å². The van der Waals surface area contributed by atoms with Gasteiger partial charge in [0.2, 0.25) is 0 Å². The fraction of sp³-hybridized carbons (Fsp3) is 0. The van der Waals surface area contributed by atoms with Crippen molar-refractivity contribution in [3.05, 3.63) is 0 Å². The molecule has 0 atom stereocenters. The van der Waals surface area contributed by atoms with Crippen molar-refractivity contribution in [3.63, 3.8) is 0 Å². The van der Waals surface area contributed by atoms with Crippen LogP contribution in [0.3, 0.4) is 0 Å². The maximum absolute atomic E-state index is 0. The standard InChI is InChI=1S/Ag.Bi.Ca.H4Si.5H/h;;;1H4;;;;;. The van der Waals surface area contributed by atoms with Crippen molar-refractivity contribution >= 4 is 74.9 Å². The molecule has 0 fully saturated rings. The first-order chi connectivity index (χ1) is 0. The van der Waals surface area contributed by atoms with E-state index in [0.717, 1.165) is 0 Å². The van der Waals surface area contributed by atoms with E-state index in [1.165, 1.54) is 0 Å². The van der Waals surface area contributed by atoms with Crippen molar-refractivity contribution in [2.24, 2.45) is 0 Å². The predicted molar refractivity (Wildman–Crippen MR) is 29.8 cm³/mol. The molecule has 0 N–H and O–H groups in total. The van der Waals surface area contributed by atoms with Crippen molar-refractivity contribution < 1.29 is 22.4 Å². The maximum atomic E-state index is 0. The third kappa shape index (κ3) is 8.92. The molecule has 4 heavy (non-hydrogen) atoms. The van der Waals surface area contributed by atoms with Crippen LogP contribution in [0, 0.1) is 0 Å². The summed E-state index contributed by atoms with van der Waals surface area (Å²) in [5, 5.41) is 0. The van der Waals surface area contributed by atoms with E-state index >= 15 is 0 Å². The van der Waals surface area contributed by atoms with Crippen LogP contribution in [-0.2, 0) is 22.4 Å². The Balaban J connectivity index is 0. The Morgan fingerprint density at radius 1 is 1.00 bits per heavy atom. The molecular weight excluding hydrogens is 385 g/mol. The van der Waals surface area contributed by atoms with Gasteiger partial charge in [0.1, 0.15) is 0 Å². The predicted octanol–water partition coefficient (Wildman–Crippen LogP) is -3.55. The molecule has 0 aromatic carbocycles. The Morgan fingerprint density at radius 3 is 1.00 bits per heavy atom. The van der Waals surface area contributed by atoms with E-state index in [1.807, 2.05) is 0 Å². The van der Waals surface area contributed by atoms with Crippen molar-refractivity contribution in [1.29, 1.82) is 0 Å². The van der Waals surface area contributed by atoms with E-state index in [2.05, 4.69) is 0 Å². The zero-order valence-electron chi connectivity index (χ0n) is 1.01. The second-order valence-electron chi connectivity index (χ2n) is 0. The second-order valence-corrected chi connectivity index (χ2v) is 0. The average molecular weight is 394 g/mol. The van der Waals surface area contributed by atoms with E-state index in [1.54, 1.807) is 0 Å². The summed E-state index contributed by atoms with van der Waals surface area (Å²) in [5.41, 5.74) is 0. The first-order valence-corrected chi connectivity index (χ1v) is 0. The van der Waals surface area contributed by atoms with Crippen LogP contribution in [0.15, 0.2) is 0 Å². The first-order valence-electron chi connectivity index (χ1n) is 0. The molecule has 0 aliphatic rings. The summed E-state index contributed by atoms with van der Waals surface area (Å²) in [6.45, 7) is 0. The number of hydrogen-bond acceptors (Lipinski definition) is 0. The summed E-state index contributed by atoms with van der Waals surface area (Å²) in [7, 11) is 0. The van der Waals surface area contributed by atoms with Crippen molar-refractivity contribution in [2.45, 2.75) is 0 Å². The van der Waals surface area contributed by atoms with Gasteiger partial charge in [0.05, 0.1) is 0 Å². The van der Waals surface area contributed by atoms with Gasteiger partial charge in [-0.1, -0.05) is 0 Å². The maximum Gasteiger partial charge on any atom is -0.0149 e. The summed E-state index contributed by atoms with van der Waals surface area (Å²) >= 11 is 0. The van der Waals surface area contributed by atoms with Crippen LogP contribution in [0.1, 0.15) is 0 Å². The summed E-state index contributed by atoms with van der Waals surface area (Å²) in [6.07, 6.45) is 0. The van der Waals surface area contributed by atoms with E-state index in [-0.39, 0.29) is 97.3 Å². The zero-order valence-corrected chi connectivity index (χ0v) is 7.99. The van der Waals surface area contributed by atoms with Gasteiger partial charge in [0.15, 0.2) is 0 Å². The van der Waals surface area contributed by atoms with Gasteiger partial charge in [0.25, 0.3) is 0 Å². The van der Waals surface area contributed by atoms with Gasteiger partial charge in [-0.15, -0.1) is 0 Å². The fourth-order valence-corrected chi connectivity index (χ4v) is 0. The van der Waals surface area contributed by atoms with E-state index in [0.29, 0.717) is 0 Å². The molecule has 0 heterocycles. The van der Waals surface area contributed by atoms with Gasteiger partial charge in [-0.3, -0.25) is 0 Å². The van der Waals surface area contributed by atoms with Crippen LogP contribution in [0.4, 0.5) is 0 Å². The number of rotatable bonds is 0. The quantitative estimate of drug-likeness (QED) is 0.374. The monoisotopic (exact) mass is 393 g/mol. The second kappa shape index (κ2) is 16.5. The molecule has 0 nitrogen and oxygen atoms in total. The smallest absolute Gasteiger partial charge is 0.0149 e. The van der Waals surface area contributed by atoms with Crippen LogP contribution in [-0.4, -0.2) is 74.9 Å². The molecule has 0 aromatic rings. The van der Waals surface area contributed by atoms with Crippen LogP contribution in [0.5, 0.6) is 0 Å². The summed E-state index contributed by atoms with van der Waals surface area (Å²) in [6, 6.07) is 0. The van der Waals surface area contributed by atoms with Crippen molar-refractivity contribution in [3.8, 4) is 0 Å².